The molecule has 0 aliphatic carbocycles. The molecule has 0 spiro atoms. The van der Waals surface area contributed by atoms with Crippen LogP contribution in [0.4, 0.5) is 10.1 Å². The largest absolute Gasteiger partial charge is 0.494 e. The summed E-state index contributed by atoms with van der Waals surface area (Å²) in [7, 11) is 1.39. The molecule has 0 aliphatic heterocycles. The van der Waals surface area contributed by atoms with Gasteiger partial charge in [0.15, 0.2) is 11.6 Å². The first-order valence-corrected chi connectivity index (χ1v) is 5.00. The number of nitrogens with one attached hydrogen (secondary N) is 1. The molecule has 0 atom stereocenters. The minimum atomic E-state index is -0.985. The SMILES string of the molecule is COc1cc(NC/C(C)=C/C(=O)O)ccc1F. The molecule has 1 rings (SSSR count). The van der Waals surface area contributed by atoms with E-state index in [2.05, 4.69) is 5.32 Å². The fourth-order valence-electron chi connectivity index (χ4n) is 1.27. The van der Waals surface area contributed by atoms with Crippen molar-refractivity contribution in [1.29, 1.82) is 0 Å². The molecule has 1 aromatic rings. The number of aliphatic carboxylic acids is 1. The monoisotopic (exact) mass is 239 g/mol. The average Bonchev–Trinajstić information content (AvgIpc) is 2.27. The molecule has 0 amide bonds. The van der Waals surface area contributed by atoms with Crippen molar-refractivity contribution < 1.29 is 19.0 Å². The number of carboxylic acid groups (broad SMARTS) is 1. The van der Waals surface area contributed by atoms with Gasteiger partial charge in [-0.2, -0.15) is 0 Å². The summed E-state index contributed by atoms with van der Waals surface area (Å²) >= 11 is 0. The molecule has 5 heteroatoms. The van der Waals surface area contributed by atoms with Crippen molar-refractivity contribution in [2.24, 2.45) is 0 Å². The molecule has 1 aromatic carbocycles. The summed E-state index contributed by atoms with van der Waals surface area (Å²) in [6.45, 7) is 2.07. The topological polar surface area (TPSA) is 58.6 Å². The van der Waals surface area contributed by atoms with Crippen LogP contribution in [0.3, 0.4) is 0 Å². The van der Waals surface area contributed by atoms with Gasteiger partial charge in [-0.1, -0.05) is 0 Å². The predicted octanol–water partition coefficient (Wildman–Crippen LogP) is 2.28. The van der Waals surface area contributed by atoms with E-state index < -0.39 is 11.8 Å². The van der Waals surface area contributed by atoms with Crippen molar-refractivity contribution in [1.82, 2.24) is 0 Å². The molecular weight excluding hydrogens is 225 g/mol. The highest BCUT2D eigenvalue weighted by Gasteiger charge is 2.03. The van der Waals surface area contributed by atoms with Gasteiger partial charge in [-0.3, -0.25) is 0 Å². The molecule has 17 heavy (non-hydrogen) atoms. The molecule has 4 nitrogen and oxygen atoms in total. The summed E-state index contributed by atoms with van der Waals surface area (Å²) in [6, 6.07) is 4.37. The third-order valence-electron chi connectivity index (χ3n) is 2.09. The van der Waals surface area contributed by atoms with Crippen LogP contribution in [0, 0.1) is 5.82 Å². The van der Waals surface area contributed by atoms with Crippen LogP contribution in [0.2, 0.25) is 0 Å². The number of hydrogen-bond acceptors (Lipinski definition) is 3. The van der Waals surface area contributed by atoms with E-state index in [-0.39, 0.29) is 5.75 Å². The van der Waals surface area contributed by atoms with Gasteiger partial charge in [0.05, 0.1) is 7.11 Å². The van der Waals surface area contributed by atoms with Gasteiger partial charge in [0, 0.05) is 24.4 Å². The first kappa shape index (κ1) is 13.0. The lowest BCUT2D eigenvalue weighted by Crippen LogP contribution is -2.05. The number of anilines is 1. The van der Waals surface area contributed by atoms with E-state index in [1.807, 2.05) is 0 Å². The van der Waals surface area contributed by atoms with E-state index in [1.54, 1.807) is 13.0 Å². The van der Waals surface area contributed by atoms with E-state index in [0.29, 0.717) is 17.8 Å². The summed E-state index contributed by atoms with van der Waals surface area (Å²) in [4.78, 5) is 10.4. The molecular formula is C12H14FNO3. The molecule has 0 radical (unpaired) electrons. The highest BCUT2D eigenvalue weighted by molar-refractivity contribution is 5.80. The molecule has 0 saturated carbocycles. The van der Waals surface area contributed by atoms with E-state index >= 15 is 0 Å². The first-order valence-electron chi connectivity index (χ1n) is 5.00. The van der Waals surface area contributed by atoms with Gasteiger partial charge in [-0.05, 0) is 24.6 Å². The zero-order chi connectivity index (χ0) is 12.8. The van der Waals surface area contributed by atoms with Crippen LogP contribution in [-0.4, -0.2) is 24.7 Å². The Morgan fingerprint density at radius 2 is 2.29 bits per heavy atom. The Bertz CT molecular complexity index is 443. The van der Waals surface area contributed by atoms with Gasteiger partial charge in [-0.25, -0.2) is 9.18 Å². The van der Waals surface area contributed by atoms with Gasteiger partial charge < -0.3 is 15.2 Å². The zero-order valence-electron chi connectivity index (χ0n) is 9.66. The van der Waals surface area contributed by atoms with Crippen molar-refractivity contribution in [3.05, 3.63) is 35.7 Å². The van der Waals surface area contributed by atoms with Crippen LogP contribution in [0.1, 0.15) is 6.92 Å². The molecule has 0 aliphatic rings. The van der Waals surface area contributed by atoms with Crippen molar-refractivity contribution in [2.45, 2.75) is 6.92 Å². The number of carboxylic acids is 1. The van der Waals surface area contributed by atoms with E-state index in [0.717, 1.165) is 6.08 Å². The lowest BCUT2D eigenvalue weighted by molar-refractivity contribution is -0.131. The van der Waals surface area contributed by atoms with E-state index in [4.69, 9.17) is 9.84 Å². The second kappa shape index (κ2) is 5.89. The first-order chi connectivity index (χ1) is 8.02. The number of hydrogen-bond donors (Lipinski definition) is 2. The van der Waals surface area contributed by atoms with Crippen LogP contribution in [0.5, 0.6) is 5.75 Å². The van der Waals surface area contributed by atoms with Gasteiger partial charge in [0.25, 0.3) is 0 Å². The highest BCUT2D eigenvalue weighted by Crippen LogP contribution is 2.21. The number of carbonyl (C=O) groups is 1. The molecule has 0 unspecified atom stereocenters. The normalized spacial score (nSPS) is 11.1. The maximum atomic E-state index is 13.1. The van der Waals surface area contributed by atoms with Crippen molar-refractivity contribution in [3.8, 4) is 5.75 Å². The van der Waals surface area contributed by atoms with E-state index in [9.17, 15) is 9.18 Å². The van der Waals surface area contributed by atoms with Crippen LogP contribution < -0.4 is 10.1 Å². The molecule has 0 bridgehead atoms. The quantitative estimate of drug-likeness (QED) is 0.774. The second-order valence-electron chi connectivity index (χ2n) is 3.53. The maximum absolute atomic E-state index is 13.1. The van der Waals surface area contributed by atoms with Crippen LogP contribution in [0.15, 0.2) is 29.8 Å². The lowest BCUT2D eigenvalue weighted by atomic mass is 10.2. The second-order valence-corrected chi connectivity index (χ2v) is 3.53. The third kappa shape index (κ3) is 4.14. The van der Waals surface area contributed by atoms with Gasteiger partial charge in [0.1, 0.15) is 0 Å². The number of halogens is 1. The maximum Gasteiger partial charge on any atom is 0.328 e. The lowest BCUT2D eigenvalue weighted by Gasteiger charge is -2.08. The highest BCUT2D eigenvalue weighted by atomic mass is 19.1. The minimum Gasteiger partial charge on any atom is -0.494 e. The summed E-state index contributed by atoms with van der Waals surface area (Å²) < 4.78 is 17.9. The molecule has 2 N–H and O–H groups in total. The number of benzene rings is 1. The van der Waals surface area contributed by atoms with Crippen LogP contribution >= 0.6 is 0 Å². The van der Waals surface area contributed by atoms with Crippen LogP contribution in [-0.2, 0) is 4.79 Å². The fourth-order valence-corrected chi connectivity index (χ4v) is 1.27. The summed E-state index contributed by atoms with van der Waals surface area (Å²) in [5, 5.41) is 11.5. The van der Waals surface area contributed by atoms with Crippen molar-refractivity contribution in [3.63, 3.8) is 0 Å². The zero-order valence-corrected chi connectivity index (χ0v) is 9.66. The number of rotatable bonds is 5. The molecule has 0 saturated heterocycles. The summed E-state index contributed by atoms with van der Waals surface area (Å²) in [5.41, 5.74) is 1.34. The van der Waals surface area contributed by atoms with Crippen molar-refractivity contribution in [2.75, 3.05) is 19.0 Å². The van der Waals surface area contributed by atoms with Gasteiger partial charge in [-0.15, -0.1) is 0 Å². The van der Waals surface area contributed by atoms with E-state index in [1.165, 1.54) is 19.2 Å². The van der Waals surface area contributed by atoms with Gasteiger partial charge in [0.2, 0.25) is 0 Å². The van der Waals surface area contributed by atoms with Crippen LogP contribution in [0.25, 0.3) is 0 Å². The third-order valence-corrected chi connectivity index (χ3v) is 2.09. The Hall–Kier alpha value is -2.04. The molecule has 0 aromatic heterocycles. The Morgan fingerprint density at radius 1 is 1.59 bits per heavy atom. The fraction of sp³-hybridized carbons (Fsp3) is 0.250. The molecule has 0 fully saturated rings. The smallest absolute Gasteiger partial charge is 0.328 e. The van der Waals surface area contributed by atoms with Gasteiger partial charge >= 0.3 is 5.97 Å². The predicted molar refractivity (Wildman–Crippen MR) is 62.8 cm³/mol. The molecule has 92 valence electrons. The minimum absolute atomic E-state index is 0.148. The Balaban J connectivity index is 2.67. The Kier molecular flexibility index (Phi) is 4.51. The Morgan fingerprint density at radius 3 is 2.88 bits per heavy atom. The number of ether oxygens (including phenoxy) is 1. The van der Waals surface area contributed by atoms with Crippen molar-refractivity contribution >= 4 is 11.7 Å². The Labute approximate surface area is 98.7 Å². The summed E-state index contributed by atoms with van der Waals surface area (Å²) in [6.07, 6.45) is 1.12. The summed E-state index contributed by atoms with van der Waals surface area (Å²) in [5.74, 6) is -1.27. The average molecular weight is 239 g/mol. The number of methoxy groups -OCH3 is 1. The molecule has 0 heterocycles. The standard InChI is InChI=1S/C12H14FNO3/c1-8(5-12(15)16)7-14-9-3-4-10(13)11(6-9)17-2/h3-6,14H,7H2,1-2H3,(H,15,16)/b8-5+.